The third-order valence-corrected chi connectivity index (χ3v) is 3.59. The van der Waals surface area contributed by atoms with E-state index in [0.717, 1.165) is 43.8 Å². The topological polar surface area (TPSA) is 12.5 Å². The van der Waals surface area contributed by atoms with Crippen LogP contribution >= 0.6 is 11.6 Å². The number of alkyl halides is 4. The lowest BCUT2D eigenvalue weighted by atomic mass is 10.1. The first kappa shape index (κ1) is 15.4. The van der Waals surface area contributed by atoms with Gasteiger partial charge in [-0.2, -0.15) is 13.2 Å². The van der Waals surface area contributed by atoms with Gasteiger partial charge in [0, 0.05) is 24.7 Å². The molecule has 2 nitrogen and oxygen atoms in total. The molecule has 1 aromatic rings. The Kier molecular flexibility index (Phi) is 5.16. The number of anilines is 1. The first-order chi connectivity index (χ1) is 9.50. The number of ether oxygens (including phenoxy) is 1. The van der Waals surface area contributed by atoms with Gasteiger partial charge in [-0.05, 0) is 37.1 Å². The fourth-order valence-corrected chi connectivity index (χ4v) is 2.44. The van der Waals surface area contributed by atoms with E-state index < -0.39 is 11.7 Å². The number of halogens is 4. The highest BCUT2D eigenvalue weighted by Gasteiger charge is 2.30. The van der Waals surface area contributed by atoms with E-state index in [-0.39, 0.29) is 6.10 Å². The Morgan fingerprint density at radius 2 is 1.75 bits per heavy atom. The average Bonchev–Trinajstić information content (AvgIpc) is 2.45. The maximum atomic E-state index is 12.5. The van der Waals surface area contributed by atoms with Crippen LogP contribution in [0.15, 0.2) is 24.3 Å². The summed E-state index contributed by atoms with van der Waals surface area (Å²) in [7, 11) is 0. The molecule has 0 N–H and O–H groups in total. The quantitative estimate of drug-likeness (QED) is 0.782. The largest absolute Gasteiger partial charge is 0.416 e. The van der Waals surface area contributed by atoms with Gasteiger partial charge in [0.05, 0.1) is 18.3 Å². The maximum absolute atomic E-state index is 12.5. The Morgan fingerprint density at radius 1 is 1.15 bits per heavy atom. The van der Waals surface area contributed by atoms with Gasteiger partial charge in [0.15, 0.2) is 0 Å². The molecule has 1 saturated heterocycles. The summed E-state index contributed by atoms with van der Waals surface area (Å²) >= 11 is 5.57. The molecule has 1 aliphatic heterocycles. The van der Waals surface area contributed by atoms with E-state index in [2.05, 4.69) is 4.90 Å². The summed E-state index contributed by atoms with van der Waals surface area (Å²) in [5, 5.41) is 0. The monoisotopic (exact) mass is 307 g/mol. The smallest absolute Gasteiger partial charge is 0.377 e. The van der Waals surface area contributed by atoms with Crippen LogP contribution in [0, 0.1) is 0 Å². The molecule has 1 heterocycles. The van der Waals surface area contributed by atoms with Crippen LogP contribution < -0.4 is 4.90 Å². The van der Waals surface area contributed by atoms with Crippen molar-refractivity contribution in [2.45, 2.75) is 25.1 Å². The summed E-state index contributed by atoms with van der Waals surface area (Å²) in [6.07, 6.45) is -2.32. The van der Waals surface area contributed by atoms with E-state index >= 15 is 0 Å². The number of hydrogen-bond donors (Lipinski definition) is 0. The molecule has 0 amide bonds. The zero-order chi connectivity index (χ0) is 14.6. The van der Waals surface area contributed by atoms with Gasteiger partial charge in [-0.15, -0.1) is 11.6 Å². The molecule has 1 aromatic carbocycles. The summed E-state index contributed by atoms with van der Waals surface area (Å²) in [6.45, 7) is 2.13. The molecule has 1 fully saturated rings. The van der Waals surface area contributed by atoms with Crippen LogP contribution in [0.3, 0.4) is 0 Å². The van der Waals surface area contributed by atoms with Crippen molar-refractivity contribution in [2.75, 3.05) is 30.5 Å². The Morgan fingerprint density at radius 3 is 2.25 bits per heavy atom. The van der Waals surface area contributed by atoms with Crippen LogP contribution in [0.25, 0.3) is 0 Å². The highest BCUT2D eigenvalue weighted by Crippen LogP contribution is 2.31. The zero-order valence-electron chi connectivity index (χ0n) is 11.0. The Bertz CT molecular complexity index is 413. The third kappa shape index (κ3) is 4.03. The second-order valence-electron chi connectivity index (χ2n) is 4.79. The lowest BCUT2D eigenvalue weighted by molar-refractivity contribution is -0.137. The number of benzene rings is 1. The molecule has 1 aliphatic rings. The minimum Gasteiger partial charge on any atom is -0.377 e. The molecule has 0 radical (unpaired) electrons. The first-order valence-electron chi connectivity index (χ1n) is 6.60. The van der Waals surface area contributed by atoms with E-state index in [0.29, 0.717) is 12.5 Å². The molecule has 0 bridgehead atoms. The highest BCUT2D eigenvalue weighted by molar-refractivity contribution is 6.17. The Balaban J connectivity index is 1.90. The van der Waals surface area contributed by atoms with Crippen LogP contribution in [0.5, 0.6) is 0 Å². The van der Waals surface area contributed by atoms with E-state index in [9.17, 15) is 13.2 Å². The van der Waals surface area contributed by atoms with Crippen molar-refractivity contribution in [3.05, 3.63) is 29.8 Å². The zero-order valence-corrected chi connectivity index (χ0v) is 11.8. The predicted molar refractivity (Wildman–Crippen MR) is 73.4 cm³/mol. The average molecular weight is 308 g/mol. The predicted octanol–water partition coefficient (Wildman–Crippen LogP) is 3.93. The van der Waals surface area contributed by atoms with Crippen LogP contribution in [-0.4, -0.2) is 31.7 Å². The number of hydrogen-bond acceptors (Lipinski definition) is 2. The van der Waals surface area contributed by atoms with Crippen molar-refractivity contribution in [1.82, 2.24) is 0 Å². The molecule has 20 heavy (non-hydrogen) atoms. The minimum absolute atomic E-state index is 0.208. The molecule has 0 unspecified atom stereocenters. The molecule has 112 valence electrons. The summed E-state index contributed by atoms with van der Waals surface area (Å²) in [5.74, 6) is 0.485. The molecular formula is C14H17ClF3NO. The molecule has 0 aromatic heterocycles. The fraction of sp³-hybridized carbons (Fsp3) is 0.571. The summed E-state index contributed by atoms with van der Waals surface area (Å²) in [4.78, 5) is 2.08. The second kappa shape index (κ2) is 6.68. The van der Waals surface area contributed by atoms with Gasteiger partial charge in [-0.3, -0.25) is 0 Å². The van der Waals surface area contributed by atoms with Gasteiger partial charge < -0.3 is 9.64 Å². The summed E-state index contributed by atoms with van der Waals surface area (Å²) < 4.78 is 43.0. The molecule has 6 heteroatoms. The lowest BCUT2D eigenvalue weighted by Gasteiger charge is -2.33. The molecule has 2 rings (SSSR count). The highest BCUT2D eigenvalue weighted by atomic mass is 35.5. The van der Waals surface area contributed by atoms with E-state index in [1.807, 2.05) is 0 Å². The molecule has 0 spiro atoms. The standard InChI is InChI=1S/C14H17ClF3NO/c15-7-10-20-13-5-8-19(9-6-13)12-3-1-11(2-4-12)14(16,17)18/h1-4,13H,5-10H2. The van der Waals surface area contributed by atoms with Gasteiger partial charge in [0.25, 0.3) is 0 Å². The summed E-state index contributed by atoms with van der Waals surface area (Å²) in [6, 6.07) is 5.32. The Hall–Kier alpha value is -0.940. The van der Waals surface area contributed by atoms with E-state index in [1.165, 1.54) is 12.1 Å². The number of nitrogens with zero attached hydrogens (tertiary/aromatic N) is 1. The van der Waals surface area contributed by atoms with Crippen LogP contribution in [0.1, 0.15) is 18.4 Å². The van der Waals surface area contributed by atoms with Gasteiger partial charge in [0.2, 0.25) is 0 Å². The van der Waals surface area contributed by atoms with E-state index in [4.69, 9.17) is 16.3 Å². The number of rotatable bonds is 4. The molecule has 0 atom stereocenters. The van der Waals surface area contributed by atoms with Crippen molar-refractivity contribution in [2.24, 2.45) is 0 Å². The Labute approximate surface area is 121 Å². The van der Waals surface area contributed by atoms with Crippen molar-refractivity contribution in [3.63, 3.8) is 0 Å². The molecular weight excluding hydrogens is 291 g/mol. The first-order valence-corrected chi connectivity index (χ1v) is 7.14. The maximum Gasteiger partial charge on any atom is 0.416 e. The second-order valence-corrected chi connectivity index (χ2v) is 5.17. The number of piperidine rings is 1. The SMILES string of the molecule is FC(F)(F)c1ccc(N2CCC(OCCCl)CC2)cc1. The fourth-order valence-electron chi connectivity index (χ4n) is 2.35. The summed E-state index contributed by atoms with van der Waals surface area (Å²) in [5.41, 5.74) is 0.218. The van der Waals surface area contributed by atoms with Crippen molar-refractivity contribution in [3.8, 4) is 0 Å². The minimum atomic E-state index is -4.28. The van der Waals surface area contributed by atoms with Crippen LogP contribution in [0.4, 0.5) is 18.9 Å². The van der Waals surface area contributed by atoms with Crippen molar-refractivity contribution < 1.29 is 17.9 Å². The van der Waals surface area contributed by atoms with Crippen molar-refractivity contribution in [1.29, 1.82) is 0 Å². The lowest BCUT2D eigenvalue weighted by Crippen LogP contribution is -2.37. The van der Waals surface area contributed by atoms with Crippen LogP contribution in [0.2, 0.25) is 0 Å². The van der Waals surface area contributed by atoms with Crippen LogP contribution in [-0.2, 0) is 10.9 Å². The normalized spacial score (nSPS) is 17.5. The van der Waals surface area contributed by atoms with E-state index in [1.54, 1.807) is 0 Å². The van der Waals surface area contributed by atoms with Crippen molar-refractivity contribution >= 4 is 17.3 Å². The van der Waals surface area contributed by atoms with Gasteiger partial charge >= 0.3 is 6.18 Å². The van der Waals surface area contributed by atoms with Gasteiger partial charge in [-0.1, -0.05) is 0 Å². The van der Waals surface area contributed by atoms with Gasteiger partial charge in [-0.25, -0.2) is 0 Å². The third-order valence-electron chi connectivity index (χ3n) is 3.43. The molecule has 0 saturated carbocycles. The molecule has 0 aliphatic carbocycles. The van der Waals surface area contributed by atoms with Gasteiger partial charge in [0.1, 0.15) is 0 Å².